The van der Waals surface area contributed by atoms with Crippen molar-refractivity contribution in [3.8, 4) is 0 Å². The molecule has 1 nitrogen and oxygen atoms in total. The van der Waals surface area contributed by atoms with Crippen LogP contribution in [0, 0.1) is 0 Å². The Balaban J connectivity index is 0. The van der Waals surface area contributed by atoms with E-state index in [-0.39, 0.29) is 98.5 Å². The molecule has 0 spiro atoms. The van der Waals surface area contributed by atoms with E-state index in [1.54, 1.807) is 0 Å². The Morgan fingerprint density at radius 1 is 1.00 bits per heavy atom. The summed E-state index contributed by atoms with van der Waals surface area (Å²) in [4.78, 5) is 0. The van der Waals surface area contributed by atoms with Gasteiger partial charge in [0, 0.05) is 0 Å². The van der Waals surface area contributed by atoms with Crippen molar-refractivity contribution < 1.29 is 49.6 Å². The summed E-state index contributed by atoms with van der Waals surface area (Å²) < 4.78 is 0. The minimum Gasteiger partial charge on any atom is -2.00 e. The summed E-state index contributed by atoms with van der Waals surface area (Å²) in [6, 6.07) is 0. The van der Waals surface area contributed by atoms with E-state index >= 15 is 0 Å². The molecule has 0 bridgehead atoms. The molecule has 0 N–H and O–H groups in total. The maximum atomic E-state index is 0. The third kappa shape index (κ3) is 8.88. The predicted octanol–water partition coefficient (Wildman–Crippen LogP) is -0.505. The van der Waals surface area contributed by atoms with Crippen molar-refractivity contribution >= 4 is 48.9 Å². The van der Waals surface area contributed by atoms with Crippen LogP contribution in [-0.2, 0) is 49.6 Å². The summed E-state index contributed by atoms with van der Waals surface area (Å²) in [6.07, 6.45) is 0. The van der Waals surface area contributed by atoms with E-state index in [1.807, 2.05) is 0 Å². The second-order valence-electron chi connectivity index (χ2n) is 0. The SMILES string of the molecule is [Ba+2].[Nb+5].[O-2].[Ti+4]. The maximum Gasteiger partial charge on any atom is 5.00 e. The van der Waals surface area contributed by atoms with Gasteiger partial charge in [0.1, 0.15) is 0 Å². The van der Waals surface area contributed by atoms with Crippen LogP contribution < -0.4 is 0 Å². The molecule has 0 radical (unpaired) electrons. The normalized spacial score (nSPS) is 0. The minimum absolute atomic E-state index is 0. The average Bonchev–Trinajstić information content (AvgIpc) is 0. The molecule has 0 amide bonds. The molecule has 0 aromatic carbocycles. The van der Waals surface area contributed by atoms with E-state index in [4.69, 9.17) is 0 Å². The van der Waals surface area contributed by atoms with Gasteiger partial charge in [-0.25, -0.2) is 0 Å². The van der Waals surface area contributed by atoms with E-state index in [1.165, 1.54) is 0 Å². The zero-order valence-electron chi connectivity index (χ0n) is 2.06. The molecule has 0 saturated heterocycles. The molecule has 8 valence electrons. The molecule has 4 heavy (non-hydrogen) atoms. The van der Waals surface area contributed by atoms with E-state index < -0.39 is 0 Å². The largest absolute Gasteiger partial charge is 5.00 e. The van der Waals surface area contributed by atoms with Crippen LogP contribution in [0.4, 0.5) is 0 Å². The zero-order chi connectivity index (χ0) is 0. The van der Waals surface area contributed by atoms with Crippen molar-refractivity contribution in [2.45, 2.75) is 0 Å². The summed E-state index contributed by atoms with van der Waals surface area (Å²) in [5, 5.41) is 0. The van der Waals surface area contributed by atoms with Crippen LogP contribution in [0.5, 0.6) is 0 Å². The fourth-order valence-electron chi connectivity index (χ4n) is 0. The summed E-state index contributed by atoms with van der Waals surface area (Å²) in [7, 11) is 0. The Labute approximate surface area is 96.1 Å². The number of hydrogen-bond donors (Lipinski definition) is 0. The summed E-state index contributed by atoms with van der Waals surface area (Å²) in [5.41, 5.74) is 0. The Morgan fingerprint density at radius 2 is 1.00 bits per heavy atom. The van der Waals surface area contributed by atoms with Crippen LogP contribution in [0.25, 0.3) is 0 Å². The monoisotopic (exact) mass is 295 g/mol. The Bertz CT molecular complexity index is 8.00. The van der Waals surface area contributed by atoms with Crippen LogP contribution in [0.15, 0.2) is 0 Å². The second-order valence-corrected chi connectivity index (χ2v) is 0. The molecule has 0 aromatic rings. The topological polar surface area (TPSA) is 28.5 Å². The Morgan fingerprint density at radius 3 is 1.00 bits per heavy atom. The van der Waals surface area contributed by atoms with Gasteiger partial charge >= 0.3 is 93.0 Å². The Kier molecular flexibility index (Phi) is 117. The fourth-order valence-corrected chi connectivity index (χ4v) is 0. The quantitative estimate of drug-likeness (QED) is 0.539. The zero-order valence-corrected chi connectivity index (χ0v) is 10.3. The van der Waals surface area contributed by atoms with Crippen molar-refractivity contribution in [2.24, 2.45) is 0 Å². The van der Waals surface area contributed by atoms with Gasteiger partial charge in [0.2, 0.25) is 0 Å². The molecular weight excluding hydrogens is 294 g/mol. The van der Waals surface area contributed by atoms with Gasteiger partial charge in [0.05, 0.1) is 0 Å². The smallest absolute Gasteiger partial charge is 2.00 e. The molecule has 0 aliphatic carbocycles. The average molecular weight is 294 g/mol. The van der Waals surface area contributed by atoms with Crippen LogP contribution in [-0.4, -0.2) is 48.9 Å². The van der Waals surface area contributed by atoms with Gasteiger partial charge in [-0.1, -0.05) is 0 Å². The number of hydrogen-bond acceptors (Lipinski definition) is 0. The van der Waals surface area contributed by atoms with E-state index in [9.17, 15) is 0 Å². The molecule has 0 heterocycles. The van der Waals surface area contributed by atoms with E-state index in [0.29, 0.717) is 0 Å². The van der Waals surface area contributed by atoms with Gasteiger partial charge in [0.25, 0.3) is 0 Å². The van der Waals surface area contributed by atoms with Crippen molar-refractivity contribution in [1.82, 2.24) is 0 Å². The van der Waals surface area contributed by atoms with Crippen LogP contribution in [0.2, 0.25) is 0 Å². The van der Waals surface area contributed by atoms with Gasteiger partial charge in [-0.15, -0.1) is 0 Å². The molecule has 0 rings (SSSR count). The van der Waals surface area contributed by atoms with Gasteiger partial charge in [-0.05, 0) is 0 Å². The van der Waals surface area contributed by atoms with Gasteiger partial charge < -0.3 is 5.48 Å². The molecule has 0 atom stereocenters. The molecule has 0 fully saturated rings. The molecule has 4 heteroatoms. The van der Waals surface area contributed by atoms with Crippen molar-refractivity contribution in [1.29, 1.82) is 0 Å². The molecule has 0 saturated carbocycles. The van der Waals surface area contributed by atoms with Gasteiger partial charge in [0.15, 0.2) is 0 Å². The van der Waals surface area contributed by atoms with Crippen LogP contribution in [0.3, 0.4) is 0 Å². The molecular formula is BaNbOTi+9. The number of rotatable bonds is 0. The van der Waals surface area contributed by atoms with Crippen molar-refractivity contribution in [3.63, 3.8) is 0 Å². The summed E-state index contributed by atoms with van der Waals surface area (Å²) >= 11 is 0. The third-order valence-corrected chi connectivity index (χ3v) is 0. The van der Waals surface area contributed by atoms with Gasteiger partial charge in [-0.3, -0.25) is 0 Å². The van der Waals surface area contributed by atoms with Crippen molar-refractivity contribution in [3.05, 3.63) is 0 Å². The van der Waals surface area contributed by atoms with Crippen molar-refractivity contribution in [2.75, 3.05) is 0 Å². The molecule has 0 aliphatic heterocycles. The van der Waals surface area contributed by atoms with Gasteiger partial charge in [-0.2, -0.15) is 0 Å². The fraction of sp³-hybridized carbons (Fsp3) is 0. The first kappa shape index (κ1) is 28.1. The van der Waals surface area contributed by atoms with E-state index in [2.05, 4.69) is 0 Å². The first-order valence-corrected chi connectivity index (χ1v) is 0. The summed E-state index contributed by atoms with van der Waals surface area (Å²) in [6.45, 7) is 0. The standard InChI is InChI=1S/Ba.Nb.O.Ti/q+2;+5;-2;+4. The first-order chi connectivity index (χ1) is 0. The molecule has 0 unspecified atom stereocenters. The molecule has 0 aromatic heterocycles. The van der Waals surface area contributed by atoms with E-state index in [0.717, 1.165) is 0 Å². The Hall–Kier alpha value is 2.99. The van der Waals surface area contributed by atoms with Crippen LogP contribution >= 0.6 is 0 Å². The molecule has 0 aliphatic rings. The first-order valence-electron chi connectivity index (χ1n) is 0. The predicted molar refractivity (Wildman–Crippen MR) is 6.44 cm³/mol. The van der Waals surface area contributed by atoms with Crippen LogP contribution in [0.1, 0.15) is 0 Å². The minimum atomic E-state index is 0. The third-order valence-electron chi connectivity index (χ3n) is 0. The second kappa shape index (κ2) is 16.7. The maximum absolute atomic E-state index is 0. The summed E-state index contributed by atoms with van der Waals surface area (Å²) in [5.74, 6) is 0.